The lowest BCUT2D eigenvalue weighted by Crippen LogP contribution is -2.41. The smallest absolute Gasteiger partial charge is 0.304 e. The van der Waals surface area contributed by atoms with Crippen molar-refractivity contribution >= 4 is 40.8 Å². The van der Waals surface area contributed by atoms with Crippen LogP contribution in [0.5, 0.6) is 0 Å². The Morgan fingerprint density at radius 1 is 0.667 bits per heavy atom. The van der Waals surface area contributed by atoms with Gasteiger partial charge in [0.2, 0.25) is 0 Å². The Balaban J connectivity index is 5.69. The zero-order chi connectivity index (χ0) is 31.9. The highest BCUT2D eigenvalue weighted by Gasteiger charge is 2.42. The van der Waals surface area contributed by atoms with Crippen molar-refractivity contribution < 1.29 is 53.9 Å². The van der Waals surface area contributed by atoms with E-state index in [9.17, 15) is 44.4 Å². The van der Waals surface area contributed by atoms with E-state index in [0.717, 1.165) is 37.4 Å². The maximum Gasteiger partial charge on any atom is 0.304 e. The number of unbranched alkanes of at least 4 members (excludes halogenated alkanes) is 9. The second kappa shape index (κ2) is 24.3. The molecule has 1 unspecified atom stereocenters. The van der Waals surface area contributed by atoms with Crippen molar-refractivity contribution in [3.05, 3.63) is 0 Å². The average molecular weight is 621 g/mol. The summed E-state index contributed by atoms with van der Waals surface area (Å²) in [6.07, 6.45) is 6.67. The van der Waals surface area contributed by atoms with E-state index in [2.05, 4.69) is 6.92 Å². The van der Waals surface area contributed by atoms with Crippen molar-refractivity contribution in [3.63, 3.8) is 0 Å². The van der Waals surface area contributed by atoms with E-state index in [-0.39, 0.29) is 13.0 Å². The number of carbonyl (C=O) groups is 5. The Morgan fingerprint density at radius 3 is 1.64 bits per heavy atom. The minimum atomic E-state index is -1.33. The van der Waals surface area contributed by atoms with Gasteiger partial charge in [0, 0.05) is 31.1 Å². The summed E-state index contributed by atoms with van der Waals surface area (Å²) >= 11 is 0.945. The molecule has 0 amide bonds. The van der Waals surface area contributed by atoms with Crippen molar-refractivity contribution in [2.75, 3.05) is 12.4 Å². The molecule has 11 nitrogen and oxygen atoms in total. The number of hydrogen-bond donors (Lipinski definition) is 4. The summed E-state index contributed by atoms with van der Waals surface area (Å²) in [6.45, 7) is 5.70. The van der Waals surface area contributed by atoms with Gasteiger partial charge in [0.05, 0.1) is 18.9 Å². The number of thioether (sulfide) groups is 1. The molecular weight excluding hydrogens is 568 g/mol. The van der Waals surface area contributed by atoms with E-state index >= 15 is 0 Å². The van der Waals surface area contributed by atoms with Gasteiger partial charge in [0.25, 0.3) is 0 Å². The molecule has 0 saturated heterocycles. The van der Waals surface area contributed by atoms with Gasteiger partial charge in [0.1, 0.15) is 0 Å². The lowest BCUT2D eigenvalue weighted by molar-refractivity contribution is -0.185. The second-order valence-electron chi connectivity index (χ2n) is 10.7. The number of rotatable bonds is 28. The van der Waals surface area contributed by atoms with Gasteiger partial charge in [-0.2, -0.15) is 0 Å². The fourth-order valence-electron chi connectivity index (χ4n) is 5.19. The third-order valence-corrected chi connectivity index (χ3v) is 8.30. The van der Waals surface area contributed by atoms with Crippen LogP contribution in [0.15, 0.2) is 0 Å². The molecule has 0 aromatic rings. The predicted molar refractivity (Wildman–Crippen MR) is 159 cm³/mol. The summed E-state index contributed by atoms with van der Waals surface area (Å²) in [6, 6.07) is 0. The molecule has 0 bridgehead atoms. The molecule has 0 saturated carbocycles. The highest BCUT2D eigenvalue weighted by Crippen LogP contribution is 2.38. The highest BCUT2D eigenvalue weighted by atomic mass is 32.2. The first kappa shape index (κ1) is 39.8. The monoisotopic (exact) mass is 620 g/mol. The van der Waals surface area contributed by atoms with Crippen LogP contribution in [0.1, 0.15) is 117 Å². The normalized spacial score (nSPS) is 14.9. The third-order valence-electron chi connectivity index (χ3n) is 7.21. The summed E-state index contributed by atoms with van der Waals surface area (Å²) in [5, 5.41) is 37.8. The van der Waals surface area contributed by atoms with Crippen molar-refractivity contribution in [1.82, 2.24) is 0 Å². The molecule has 0 aromatic carbocycles. The van der Waals surface area contributed by atoms with Crippen molar-refractivity contribution in [2.45, 2.75) is 129 Å². The van der Waals surface area contributed by atoms with E-state index in [4.69, 9.17) is 9.47 Å². The van der Waals surface area contributed by atoms with Crippen LogP contribution in [0.3, 0.4) is 0 Å². The average Bonchev–Trinajstić information content (AvgIpc) is 2.90. The van der Waals surface area contributed by atoms with Crippen LogP contribution in [0.2, 0.25) is 0 Å². The van der Waals surface area contributed by atoms with Crippen LogP contribution in [-0.4, -0.2) is 74.2 Å². The van der Waals surface area contributed by atoms with Crippen molar-refractivity contribution in [1.29, 1.82) is 0 Å². The van der Waals surface area contributed by atoms with Crippen LogP contribution in [0, 0.1) is 17.8 Å². The third kappa shape index (κ3) is 19.9. The standard InChI is InChI=1S/C30H52O11S/c1-4-6-7-8-9-10-11-12-13-14-17-42-30(39)24(20-29(37)38)22(18-27(33)34)23(19-28(35)36)25(15-16-26(31)32)41-21(3)40-5-2/h21-25H,4-20H2,1-3H3,(H,31,32)(H,33,34)(H,35,36)(H,37,38)/t21?,22-,23+,24+,25+/m0/s1. The molecule has 0 aliphatic rings. The summed E-state index contributed by atoms with van der Waals surface area (Å²) in [5.41, 5.74) is 0. The molecule has 42 heavy (non-hydrogen) atoms. The fourth-order valence-corrected chi connectivity index (χ4v) is 6.21. The van der Waals surface area contributed by atoms with Crippen LogP contribution in [0.4, 0.5) is 0 Å². The Hall–Kier alpha value is -2.18. The zero-order valence-electron chi connectivity index (χ0n) is 25.5. The molecule has 12 heteroatoms. The second-order valence-corrected chi connectivity index (χ2v) is 11.8. The molecule has 0 aliphatic heterocycles. The highest BCUT2D eigenvalue weighted by molar-refractivity contribution is 8.13. The van der Waals surface area contributed by atoms with Crippen LogP contribution < -0.4 is 0 Å². The van der Waals surface area contributed by atoms with Gasteiger partial charge >= 0.3 is 23.9 Å². The number of carboxylic acids is 4. The maximum absolute atomic E-state index is 13.4. The van der Waals surface area contributed by atoms with Crippen molar-refractivity contribution in [2.24, 2.45) is 17.8 Å². The van der Waals surface area contributed by atoms with E-state index < -0.39 is 84.8 Å². The van der Waals surface area contributed by atoms with Gasteiger partial charge in [-0.25, -0.2) is 0 Å². The summed E-state index contributed by atoms with van der Waals surface area (Å²) in [5.74, 6) is -8.33. The van der Waals surface area contributed by atoms with Crippen LogP contribution in [0.25, 0.3) is 0 Å². The largest absolute Gasteiger partial charge is 0.481 e. The first-order valence-corrected chi connectivity index (χ1v) is 16.2. The lowest BCUT2D eigenvalue weighted by Gasteiger charge is -2.36. The molecule has 244 valence electrons. The van der Waals surface area contributed by atoms with Crippen LogP contribution in [-0.2, 0) is 33.4 Å². The van der Waals surface area contributed by atoms with Gasteiger partial charge in [0.15, 0.2) is 11.4 Å². The maximum atomic E-state index is 13.4. The molecular formula is C30H52O11S. The minimum absolute atomic E-state index is 0.166. The number of hydrogen-bond acceptors (Lipinski definition) is 8. The molecule has 0 heterocycles. The molecule has 5 atom stereocenters. The lowest BCUT2D eigenvalue weighted by atomic mass is 9.73. The quantitative estimate of drug-likeness (QED) is 0.0585. The first-order valence-electron chi connectivity index (χ1n) is 15.2. The molecule has 4 N–H and O–H groups in total. The Bertz CT molecular complexity index is 804. The van der Waals surface area contributed by atoms with Gasteiger partial charge in [-0.3, -0.25) is 24.0 Å². The Labute approximate surface area is 254 Å². The summed E-state index contributed by atoms with van der Waals surface area (Å²) in [4.78, 5) is 60.3. The summed E-state index contributed by atoms with van der Waals surface area (Å²) in [7, 11) is 0. The van der Waals surface area contributed by atoms with Crippen LogP contribution >= 0.6 is 11.8 Å². The topological polar surface area (TPSA) is 185 Å². The molecule has 0 aromatic heterocycles. The Kier molecular flexibility index (Phi) is 23.0. The first-order chi connectivity index (χ1) is 19.9. The van der Waals surface area contributed by atoms with E-state index in [1.807, 2.05) is 0 Å². The SMILES string of the molecule is CCCCCCCCCCCCSC(=O)[C@H](CC(=O)O)[C@@H](CC(=O)O)[C@@H](CC(=O)O)[C@@H](CCC(=O)O)OC(C)OCC. The number of carbonyl (C=O) groups excluding carboxylic acids is 1. The molecule has 0 rings (SSSR count). The van der Waals surface area contributed by atoms with E-state index in [1.165, 1.54) is 38.5 Å². The molecule has 0 aliphatic carbocycles. The molecule has 0 spiro atoms. The zero-order valence-corrected chi connectivity index (χ0v) is 26.3. The fraction of sp³-hybridized carbons (Fsp3) is 0.833. The molecule has 0 fully saturated rings. The predicted octanol–water partition coefficient (Wildman–Crippen LogP) is 6.07. The van der Waals surface area contributed by atoms with Crippen molar-refractivity contribution in [3.8, 4) is 0 Å². The number of ether oxygens (including phenoxy) is 2. The van der Waals surface area contributed by atoms with Gasteiger partial charge in [-0.05, 0) is 38.5 Å². The van der Waals surface area contributed by atoms with Gasteiger partial charge < -0.3 is 29.9 Å². The minimum Gasteiger partial charge on any atom is -0.481 e. The number of carboxylic acid groups (broad SMARTS) is 4. The molecule has 0 radical (unpaired) electrons. The Morgan fingerprint density at radius 2 is 1.17 bits per heavy atom. The van der Waals surface area contributed by atoms with Gasteiger partial charge in [-0.1, -0.05) is 76.5 Å². The van der Waals surface area contributed by atoms with E-state index in [1.54, 1.807) is 13.8 Å². The van der Waals surface area contributed by atoms with E-state index in [0.29, 0.717) is 5.75 Å². The number of aliphatic carboxylic acids is 4. The van der Waals surface area contributed by atoms with Gasteiger partial charge in [-0.15, -0.1) is 0 Å². The summed E-state index contributed by atoms with van der Waals surface area (Å²) < 4.78 is 11.3.